The third kappa shape index (κ3) is 5.50. The molecule has 0 spiro atoms. The molecule has 0 bridgehead atoms. The second kappa shape index (κ2) is 10.2. The van der Waals surface area contributed by atoms with Crippen LogP contribution in [0.2, 0.25) is 0 Å². The summed E-state index contributed by atoms with van der Waals surface area (Å²) in [7, 11) is -4.15. The Labute approximate surface area is 186 Å². The van der Waals surface area contributed by atoms with E-state index in [4.69, 9.17) is 9.47 Å². The van der Waals surface area contributed by atoms with Gasteiger partial charge >= 0.3 is 5.97 Å². The first kappa shape index (κ1) is 23.8. The van der Waals surface area contributed by atoms with Crippen molar-refractivity contribution in [2.75, 3.05) is 26.3 Å². The van der Waals surface area contributed by atoms with Gasteiger partial charge in [0.25, 0.3) is 5.91 Å². The van der Waals surface area contributed by atoms with E-state index in [-0.39, 0.29) is 37.9 Å². The minimum Gasteiger partial charge on any atom is -0.449 e. The van der Waals surface area contributed by atoms with Crippen molar-refractivity contribution in [3.63, 3.8) is 0 Å². The monoisotopic (exact) mass is 464 g/mol. The van der Waals surface area contributed by atoms with Crippen LogP contribution in [-0.4, -0.2) is 57.0 Å². The molecule has 1 amide bonds. The van der Waals surface area contributed by atoms with Crippen LogP contribution in [0, 0.1) is 5.82 Å². The standard InChI is InChI=1S/C22H25FN2O6S/c1-15(17-6-4-3-5-7-17)24-21(26)16(2)31-22(27)18-8-9-19(23)20(14-18)32(28,29)25-10-12-30-13-11-25/h3-9,14-16H,10-13H2,1-2H3,(H,24,26). The van der Waals surface area contributed by atoms with E-state index in [1.807, 2.05) is 30.3 Å². The Kier molecular flexibility index (Phi) is 7.60. The lowest BCUT2D eigenvalue weighted by Gasteiger charge is -2.26. The molecule has 2 aromatic rings. The Hall–Kier alpha value is -2.82. The molecule has 172 valence electrons. The number of hydrogen-bond donors (Lipinski definition) is 1. The van der Waals surface area contributed by atoms with Gasteiger partial charge in [-0.15, -0.1) is 0 Å². The fourth-order valence-corrected chi connectivity index (χ4v) is 4.69. The molecule has 1 aliphatic rings. The number of carbonyl (C=O) groups excluding carboxylic acids is 2. The first-order valence-corrected chi connectivity index (χ1v) is 11.6. The van der Waals surface area contributed by atoms with Crippen molar-refractivity contribution in [1.29, 1.82) is 0 Å². The van der Waals surface area contributed by atoms with E-state index in [9.17, 15) is 22.4 Å². The Bertz CT molecular complexity index is 1070. The molecule has 0 aliphatic carbocycles. The lowest BCUT2D eigenvalue weighted by atomic mass is 10.1. The molecule has 32 heavy (non-hydrogen) atoms. The number of nitrogens with zero attached hydrogens (tertiary/aromatic N) is 1. The summed E-state index contributed by atoms with van der Waals surface area (Å²) in [6.07, 6.45) is -1.14. The van der Waals surface area contributed by atoms with Crippen molar-refractivity contribution < 1.29 is 31.9 Å². The number of sulfonamides is 1. The molecule has 2 unspecified atom stereocenters. The zero-order chi connectivity index (χ0) is 23.3. The number of hydrogen-bond acceptors (Lipinski definition) is 6. The molecule has 2 aromatic carbocycles. The molecule has 1 N–H and O–H groups in total. The fraction of sp³-hybridized carbons (Fsp3) is 0.364. The average Bonchev–Trinajstić information content (AvgIpc) is 2.80. The molecule has 10 heteroatoms. The predicted octanol–water partition coefficient (Wildman–Crippen LogP) is 2.27. The van der Waals surface area contributed by atoms with Crippen LogP contribution in [-0.2, 0) is 24.3 Å². The summed E-state index contributed by atoms with van der Waals surface area (Å²) >= 11 is 0. The van der Waals surface area contributed by atoms with Gasteiger partial charge in [-0.05, 0) is 37.6 Å². The largest absolute Gasteiger partial charge is 0.449 e. The highest BCUT2D eigenvalue weighted by Crippen LogP contribution is 2.22. The van der Waals surface area contributed by atoms with Crippen LogP contribution in [0.25, 0.3) is 0 Å². The summed E-state index contributed by atoms with van der Waals surface area (Å²) in [5, 5.41) is 2.75. The predicted molar refractivity (Wildman–Crippen MR) is 114 cm³/mol. The highest BCUT2D eigenvalue weighted by atomic mass is 32.2. The highest BCUT2D eigenvalue weighted by Gasteiger charge is 2.30. The number of amides is 1. The van der Waals surface area contributed by atoms with Crippen LogP contribution in [0.15, 0.2) is 53.4 Å². The van der Waals surface area contributed by atoms with Gasteiger partial charge in [-0.1, -0.05) is 30.3 Å². The Morgan fingerprint density at radius 3 is 2.41 bits per heavy atom. The van der Waals surface area contributed by atoms with Gasteiger partial charge < -0.3 is 14.8 Å². The number of esters is 1. The van der Waals surface area contributed by atoms with E-state index < -0.39 is 38.7 Å². The van der Waals surface area contributed by atoms with Gasteiger partial charge in [0.2, 0.25) is 10.0 Å². The number of morpholine rings is 1. The van der Waals surface area contributed by atoms with E-state index in [1.165, 1.54) is 6.92 Å². The van der Waals surface area contributed by atoms with Gasteiger partial charge in [-0.2, -0.15) is 4.31 Å². The summed E-state index contributed by atoms with van der Waals surface area (Å²) in [5.74, 6) is -2.42. The van der Waals surface area contributed by atoms with E-state index >= 15 is 0 Å². The van der Waals surface area contributed by atoms with Gasteiger partial charge in [0.1, 0.15) is 10.7 Å². The Morgan fingerprint density at radius 1 is 1.09 bits per heavy atom. The van der Waals surface area contributed by atoms with Crippen LogP contribution >= 0.6 is 0 Å². The fourth-order valence-electron chi connectivity index (χ4n) is 3.19. The zero-order valence-corrected chi connectivity index (χ0v) is 18.6. The smallest absolute Gasteiger partial charge is 0.338 e. The number of ether oxygens (including phenoxy) is 2. The number of benzene rings is 2. The Balaban J connectivity index is 1.69. The van der Waals surface area contributed by atoms with E-state index in [2.05, 4.69) is 5.32 Å². The molecule has 1 aliphatic heterocycles. The van der Waals surface area contributed by atoms with Crippen molar-refractivity contribution in [2.45, 2.75) is 30.9 Å². The van der Waals surface area contributed by atoms with E-state index in [0.29, 0.717) is 0 Å². The lowest BCUT2D eigenvalue weighted by Crippen LogP contribution is -2.41. The summed E-state index contributed by atoms with van der Waals surface area (Å²) in [4.78, 5) is 24.3. The lowest BCUT2D eigenvalue weighted by molar-refractivity contribution is -0.129. The SMILES string of the molecule is CC(OC(=O)c1ccc(F)c(S(=O)(=O)N2CCOCC2)c1)C(=O)NC(C)c1ccccc1. The maximum atomic E-state index is 14.3. The Morgan fingerprint density at radius 2 is 1.75 bits per heavy atom. The minimum atomic E-state index is -4.15. The molecular weight excluding hydrogens is 439 g/mol. The molecule has 2 atom stereocenters. The minimum absolute atomic E-state index is 0.0905. The van der Waals surface area contributed by atoms with Gasteiger partial charge in [-0.25, -0.2) is 17.6 Å². The molecule has 0 aromatic heterocycles. The zero-order valence-electron chi connectivity index (χ0n) is 17.8. The van der Waals surface area contributed by atoms with Crippen LogP contribution < -0.4 is 5.32 Å². The van der Waals surface area contributed by atoms with E-state index in [0.717, 1.165) is 28.1 Å². The average molecular weight is 465 g/mol. The van der Waals surface area contributed by atoms with Crippen molar-refractivity contribution in [3.05, 3.63) is 65.5 Å². The molecule has 1 heterocycles. The second-order valence-electron chi connectivity index (χ2n) is 7.35. The summed E-state index contributed by atoms with van der Waals surface area (Å²) in [6, 6.07) is 11.9. The van der Waals surface area contributed by atoms with Gasteiger partial charge in [-0.3, -0.25) is 4.79 Å². The first-order chi connectivity index (χ1) is 15.2. The van der Waals surface area contributed by atoms with Gasteiger partial charge in [0.15, 0.2) is 6.10 Å². The third-order valence-corrected chi connectivity index (χ3v) is 6.98. The van der Waals surface area contributed by atoms with Crippen LogP contribution in [0.4, 0.5) is 4.39 Å². The molecule has 3 rings (SSSR count). The van der Waals surface area contributed by atoms with E-state index in [1.54, 1.807) is 6.92 Å². The van der Waals surface area contributed by atoms with Crippen molar-refractivity contribution in [1.82, 2.24) is 9.62 Å². The number of halogens is 1. The maximum Gasteiger partial charge on any atom is 0.338 e. The van der Waals surface area contributed by atoms with Crippen LogP contribution in [0.1, 0.15) is 35.8 Å². The van der Waals surface area contributed by atoms with Crippen LogP contribution in [0.3, 0.4) is 0 Å². The van der Waals surface area contributed by atoms with Crippen molar-refractivity contribution in [3.8, 4) is 0 Å². The molecule has 1 saturated heterocycles. The number of carbonyl (C=O) groups is 2. The second-order valence-corrected chi connectivity index (χ2v) is 9.26. The van der Waals surface area contributed by atoms with Gasteiger partial charge in [0.05, 0.1) is 24.8 Å². The molecular formula is C22H25FN2O6S. The highest BCUT2D eigenvalue weighted by molar-refractivity contribution is 7.89. The quantitative estimate of drug-likeness (QED) is 0.631. The summed E-state index contributed by atoms with van der Waals surface area (Å²) in [5.41, 5.74) is 0.713. The molecule has 8 nitrogen and oxygen atoms in total. The number of nitrogens with one attached hydrogen (secondary N) is 1. The van der Waals surface area contributed by atoms with Crippen molar-refractivity contribution in [2.24, 2.45) is 0 Å². The molecule has 1 fully saturated rings. The summed E-state index contributed by atoms with van der Waals surface area (Å²) in [6.45, 7) is 3.79. The maximum absolute atomic E-state index is 14.3. The summed E-state index contributed by atoms with van der Waals surface area (Å²) < 4.78 is 51.3. The normalized spacial score (nSPS) is 16.7. The first-order valence-electron chi connectivity index (χ1n) is 10.1. The van der Waals surface area contributed by atoms with Crippen LogP contribution in [0.5, 0.6) is 0 Å². The van der Waals surface area contributed by atoms with Crippen molar-refractivity contribution >= 4 is 21.9 Å². The number of rotatable bonds is 7. The third-order valence-electron chi connectivity index (χ3n) is 5.07. The van der Waals surface area contributed by atoms with Gasteiger partial charge in [0, 0.05) is 13.1 Å². The molecule has 0 radical (unpaired) electrons. The molecule has 0 saturated carbocycles. The topological polar surface area (TPSA) is 102 Å².